The number of rotatable bonds is 6. The molecule has 0 radical (unpaired) electrons. The van der Waals surface area contributed by atoms with Gasteiger partial charge in [-0.2, -0.15) is 0 Å². The number of Topliss-reactive ketones (excluding diaryl/α,β-unsaturated/α-hetero) is 1. The van der Waals surface area contributed by atoms with E-state index in [1.807, 2.05) is 25.1 Å². The quantitative estimate of drug-likeness (QED) is 0.709. The second-order valence-corrected chi connectivity index (χ2v) is 3.84. The predicted molar refractivity (Wildman–Crippen MR) is 71.2 cm³/mol. The first-order chi connectivity index (χ1) is 8.13. The summed E-state index contributed by atoms with van der Waals surface area (Å²) in [5, 5.41) is 0. The van der Waals surface area contributed by atoms with Crippen molar-refractivity contribution in [1.82, 2.24) is 0 Å². The van der Waals surface area contributed by atoms with Gasteiger partial charge in [-0.05, 0) is 45.9 Å². The fourth-order valence-electron chi connectivity index (χ4n) is 1.83. The van der Waals surface area contributed by atoms with E-state index in [1.54, 1.807) is 6.92 Å². The molecule has 1 aromatic carbocycles. The zero-order valence-corrected chi connectivity index (χ0v) is 11.1. The van der Waals surface area contributed by atoms with Gasteiger partial charge in [0.25, 0.3) is 0 Å². The Bertz CT molecular complexity index is 384. The van der Waals surface area contributed by atoms with E-state index >= 15 is 0 Å². The second kappa shape index (κ2) is 6.28. The van der Waals surface area contributed by atoms with Crippen LogP contribution < -0.4 is 9.64 Å². The van der Waals surface area contributed by atoms with Crippen LogP contribution in [0.1, 0.15) is 38.1 Å². The Hall–Kier alpha value is -1.51. The minimum Gasteiger partial charge on any atom is -0.492 e. The highest BCUT2D eigenvalue weighted by atomic mass is 16.5. The van der Waals surface area contributed by atoms with Gasteiger partial charge in [0.1, 0.15) is 5.75 Å². The highest BCUT2D eigenvalue weighted by Crippen LogP contribution is 2.29. The number of nitrogens with zero attached hydrogens (tertiary/aromatic N) is 1. The molecule has 0 fully saturated rings. The Morgan fingerprint density at radius 2 is 1.88 bits per heavy atom. The van der Waals surface area contributed by atoms with E-state index in [-0.39, 0.29) is 5.78 Å². The lowest BCUT2D eigenvalue weighted by atomic mass is 10.1. The van der Waals surface area contributed by atoms with Gasteiger partial charge in [-0.25, -0.2) is 0 Å². The average Bonchev–Trinajstić information content (AvgIpc) is 2.32. The van der Waals surface area contributed by atoms with Gasteiger partial charge in [-0.1, -0.05) is 0 Å². The Labute approximate surface area is 103 Å². The van der Waals surface area contributed by atoms with Crippen LogP contribution in [-0.4, -0.2) is 25.5 Å². The summed E-state index contributed by atoms with van der Waals surface area (Å²) in [4.78, 5) is 13.6. The van der Waals surface area contributed by atoms with Crippen LogP contribution in [0.2, 0.25) is 0 Å². The molecule has 0 aromatic heterocycles. The van der Waals surface area contributed by atoms with Crippen molar-refractivity contribution in [1.29, 1.82) is 0 Å². The predicted octanol–water partition coefficient (Wildman–Crippen LogP) is 3.13. The molecule has 0 aliphatic carbocycles. The molecule has 0 unspecified atom stereocenters. The number of carbonyl (C=O) groups excluding carboxylic acids is 1. The minimum atomic E-state index is 0.0667. The lowest BCUT2D eigenvalue weighted by molar-refractivity contribution is 0.101. The van der Waals surface area contributed by atoms with Crippen molar-refractivity contribution in [3.63, 3.8) is 0 Å². The molecular formula is C14H21NO2. The fourth-order valence-corrected chi connectivity index (χ4v) is 1.83. The summed E-state index contributed by atoms with van der Waals surface area (Å²) in [5.41, 5.74) is 1.76. The van der Waals surface area contributed by atoms with Gasteiger partial charge < -0.3 is 9.64 Å². The third kappa shape index (κ3) is 3.22. The number of hydrogen-bond acceptors (Lipinski definition) is 3. The van der Waals surface area contributed by atoms with Gasteiger partial charge in [0.2, 0.25) is 0 Å². The maximum atomic E-state index is 11.4. The highest BCUT2D eigenvalue weighted by molar-refractivity contribution is 5.95. The molecule has 1 aromatic rings. The molecular weight excluding hydrogens is 214 g/mol. The summed E-state index contributed by atoms with van der Waals surface area (Å²) >= 11 is 0. The molecule has 0 bridgehead atoms. The summed E-state index contributed by atoms with van der Waals surface area (Å²) in [6.07, 6.45) is 0. The maximum absolute atomic E-state index is 11.4. The van der Waals surface area contributed by atoms with E-state index in [2.05, 4.69) is 18.7 Å². The number of anilines is 1. The van der Waals surface area contributed by atoms with Crippen LogP contribution in [-0.2, 0) is 0 Å². The van der Waals surface area contributed by atoms with Gasteiger partial charge in [-0.3, -0.25) is 4.79 Å². The van der Waals surface area contributed by atoms with Gasteiger partial charge >= 0.3 is 0 Å². The molecule has 3 nitrogen and oxygen atoms in total. The van der Waals surface area contributed by atoms with Crippen molar-refractivity contribution in [3.8, 4) is 5.75 Å². The first kappa shape index (κ1) is 13.6. The number of benzene rings is 1. The van der Waals surface area contributed by atoms with Crippen LogP contribution in [0.4, 0.5) is 5.69 Å². The zero-order valence-electron chi connectivity index (χ0n) is 11.1. The number of carbonyl (C=O) groups is 1. The molecule has 1 rings (SSSR count). The van der Waals surface area contributed by atoms with Crippen molar-refractivity contribution >= 4 is 11.5 Å². The minimum absolute atomic E-state index is 0.0667. The first-order valence-electron chi connectivity index (χ1n) is 6.16. The summed E-state index contributed by atoms with van der Waals surface area (Å²) in [6.45, 7) is 10.2. The highest BCUT2D eigenvalue weighted by Gasteiger charge is 2.11. The molecule has 94 valence electrons. The number of ketones is 1. The van der Waals surface area contributed by atoms with Crippen LogP contribution in [0.15, 0.2) is 18.2 Å². The van der Waals surface area contributed by atoms with Gasteiger partial charge in [0.05, 0.1) is 12.3 Å². The Kier molecular flexibility index (Phi) is 5.01. The fraction of sp³-hybridized carbons (Fsp3) is 0.500. The average molecular weight is 235 g/mol. The Balaban J connectivity index is 3.15. The number of hydrogen-bond donors (Lipinski definition) is 0. The van der Waals surface area contributed by atoms with Crippen molar-refractivity contribution in [2.75, 3.05) is 24.6 Å². The van der Waals surface area contributed by atoms with E-state index in [9.17, 15) is 4.79 Å². The maximum Gasteiger partial charge on any atom is 0.159 e. The number of ether oxygens (including phenoxy) is 1. The largest absolute Gasteiger partial charge is 0.492 e. The van der Waals surface area contributed by atoms with Gasteiger partial charge in [-0.15, -0.1) is 0 Å². The third-order valence-corrected chi connectivity index (χ3v) is 2.77. The van der Waals surface area contributed by atoms with Crippen molar-refractivity contribution in [2.24, 2.45) is 0 Å². The molecule has 0 aliphatic rings. The monoisotopic (exact) mass is 235 g/mol. The van der Waals surface area contributed by atoms with Crippen LogP contribution in [0.5, 0.6) is 5.75 Å². The van der Waals surface area contributed by atoms with Crippen LogP contribution >= 0.6 is 0 Å². The molecule has 0 spiro atoms. The SMILES string of the molecule is CCOc1cc(C(C)=O)ccc1N(CC)CC. The normalized spacial score (nSPS) is 10.1. The molecule has 0 heterocycles. The zero-order chi connectivity index (χ0) is 12.8. The van der Waals surface area contributed by atoms with Crippen molar-refractivity contribution in [3.05, 3.63) is 23.8 Å². The van der Waals surface area contributed by atoms with Crippen LogP contribution in [0, 0.1) is 0 Å². The molecule has 3 heteroatoms. The third-order valence-electron chi connectivity index (χ3n) is 2.77. The molecule has 0 N–H and O–H groups in total. The Morgan fingerprint density at radius 3 is 2.35 bits per heavy atom. The summed E-state index contributed by atoms with van der Waals surface area (Å²) < 4.78 is 5.62. The molecule has 17 heavy (non-hydrogen) atoms. The molecule has 0 saturated carbocycles. The topological polar surface area (TPSA) is 29.5 Å². The Morgan fingerprint density at radius 1 is 1.24 bits per heavy atom. The lowest BCUT2D eigenvalue weighted by Crippen LogP contribution is -2.22. The molecule has 0 saturated heterocycles. The standard InChI is InChI=1S/C14H21NO2/c1-5-15(6-2)13-9-8-12(11(4)16)10-14(13)17-7-3/h8-10H,5-7H2,1-4H3. The van der Waals surface area contributed by atoms with E-state index in [4.69, 9.17) is 4.74 Å². The summed E-state index contributed by atoms with van der Waals surface area (Å²) in [6, 6.07) is 5.66. The van der Waals surface area contributed by atoms with Crippen molar-refractivity contribution < 1.29 is 9.53 Å². The van der Waals surface area contributed by atoms with Crippen LogP contribution in [0.25, 0.3) is 0 Å². The van der Waals surface area contributed by atoms with Gasteiger partial charge in [0.15, 0.2) is 5.78 Å². The second-order valence-electron chi connectivity index (χ2n) is 3.84. The van der Waals surface area contributed by atoms with E-state index < -0.39 is 0 Å². The molecule has 0 amide bonds. The summed E-state index contributed by atoms with van der Waals surface area (Å²) in [7, 11) is 0. The first-order valence-corrected chi connectivity index (χ1v) is 6.16. The smallest absolute Gasteiger partial charge is 0.159 e. The van der Waals surface area contributed by atoms with E-state index in [1.165, 1.54) is 0 Å². The molecule has 0 atom stereocenters. The molecule has 0 aliphatic heterocycles. The summed E-state index contributed by atoms with van der Waals surface area (Å²) in [5.74, 6) is 0.862. The van der Waals surface area contributed by atoms with E-state index in [0.717, 1.165) is 24.5 Å². The van der Waals surface area contributed by atoms with E-state index in [0.29, 0.717) is 12.2 Å². The van der Waals surface area contributed by atoms with Crippen molar-refractivity contribution in [2.45, 2.75) is 27.7 Å². The van der Waals surface area contributed by atoms with Gasteiger partial charge in [0, 0.05) is 18.7 Å². The lowest BCUT2D eigenvalue weighted by Gasteiger charge is -2.24. The van der Waals surface area contributed by atoms with Crippen LogP contribution in [0.3, 0.4) is 0 Å².